The summed E-state index contributed by atoms with van der Waals surface area (Å²) in [5, 5.41) is 0. The van der Waals surface area contributed by atoms with Gasteiger partial charge in [-0.3, -0.25) is 19.2 Å². The van der Waals surface area contributed by atoms with Crippen molar-refractivity contribution in [3.8, 4) is 0 Å². The van der Waals surface area contributed by atoms with Crippen LogP contribution < -0.4 is 0 Å². The van der Waals surface area contributed by atoms with Crippen molar-refractivity contribution in [2.75, 3.05) is 0 Å². The van der Waals surface area contributed by atoms with Crippen LogP contribution in [0.4, 0.5) is 0 Å². The van der Waals surface area contributed by atoms with Crippen LogP contribution >= 0.6 is 0 Å². The van der Waals surface area contributed by atoms with E-state index in [0.29, 0.717) is 12.7 Å². The van der Waals surface area contributed by atoms with Crippen LogP contribution in [0.3, 0.4) is 0 Å². The standard InChI is InChI=1S/C26H30O4/c1-2-3-4-5-6-7-8-9-18-24(28)22-16-12-13-17-23(22)26(30)25(29)21-15-11-10-14-20(21)19-27/h10-17,19H,2-9,18H2,1H3. The van der Waals surface area contributed by atoms with Crippen LogP contribution in [0.25, 0.3) is 0 Å². The smallest absolute Gasteiger partial charge is 0.234 e. The van der Waals surface area contributed by atoms with Gasteiger partial charge in [-0.2, -0.15) is 0 Å². The molecule has 4 nitrogen and oxygen atoms in total. The van der Waals surface area contributed by atoms with Gasteiger partial charge in [0, 0.05) is 28.7 Å². The van der Waals surface area contributed by atoms with Gasteiger partial charge < -0.3 is 0 Å². The van der Waals surface area contributed by atoms with Crippen LogP contribution in [0.15, 0.2) is 48.5 Å². The second kappa shape index (κ2) is 12.6. The Bertz CT molecular complexity index is 882. The topological polar surface area (TPSA) is 68.3 Å². The number of benzene rings is 2. The van der Waals surface area contributed by atoms with Crippen molar-refractivity contribution in [3.63, 3.8) is 0 Å². The summed E-state index contributed by atoms with van der Waals surface area (Å²) in [7, 11) is 0. The third kappa shape index (κ3) is 6.58. The summed E-state index contributed by atoms with van der Waals surface area (Å²) in [6.07, 6.45) is 9.99. The Morgan fingerprint density at radius 2 is 1.17 bits per heavy atom. The van der Waals surface area contributed by atoms with E-state index in [1.165, 1.54) is 50.3 Å². The SMILES string of the molecule is CCCCCCCCCCC(=O)c1ccccc1C(=O)C(=O)c1ccccc1C=O. The highest BCUT2D eigenvalue weighted by molar-refractivity contribution is 6.50. The van der Waals surface area contributed by atoms with Gasteiger partial charge in [-0.15, -0.1) is 0 Å². The van der Waals surface area contributed by atoms with E-state index in [1.807, 2.05) is 0 Å². The molecule has 0 N–H and O–H groups in total. The number of carbonyl (C=O) groups is 4. The van der Waals surface area contributed by atoms with E-state index >= 15 is 0 Å². The highest BCUT2D eigenvalue weighted by atomic mass is 16.2. The molecule has 0 fully saturated rings. The van der Waals surface area contributed by atoms with E-state index in [1.54, 1.807) is 30.3 Å². The van der Waals surface area contributed by atoms with Crippen LogP contribution in [-0.4, -0.2) is 23.6 Å². The molecule has 0 aliphatic heterocycles. The van der Waals surface area contributed by atoms with Crippen molar-refractivity contribution in [2.24, 2.45) is 0 Å². The summed E-state index contributed by atoms with van der Waals surface area (Å²) in [5.41, 5.74) is 0.608. The number of rotatable bonds is 14. The third-order valence-electron chi connectivity index (χ3n) is 5.27. The first-order valence-electron chi connectivity index (χ1n) is 10.9. The summed E-state index contributed by atoms with van der Waals surface area (Å²) < 4.78 is 0. The normalized spacial score (nSPS) is 10.6. The Balaban J connectivity index is 1.99. The quantitative estimate of drug-likeness (QED) is 0.160. The molecule has 0 aliphatic rings. The maximum absolute atomic E-state index is 12.8. The van der Waals surface area contributed by atoms with Gasteiger partial charge in [0.1, 0.15) is 0 Å². The molecule has 2 rings (SSSR count). The van der Waals surface area contributed by atoms with Crippen molar-refractivity contribution < 1.29 is 19.2 Å². The molecule has 0 aromatic heterocycles. The zero-order valence-corrected chi connectivity index (χ0v) is 17.7. The Morgan fingerprint density at radius 1 is 0.667 bits per heavy atom. The molecule has 30 heavy (non-hydrogen) atoms. The summed E-state index contributed by atoms with van der Waals surface area (Å²) in [6.45, 7) is 2.20. The van der Waals surface area contributed by atoms with Gasteiger partial charge in [0.15, 0.2) is 12.1 Å². The fraction of sp³-hybridized carbons (Fsp3) is 0.385. The summed E-state index contributed by atoms with van der Waals surface area (Å²) in [5.74, 6) is -1.66. The average Bonchev–Trinajstić information content (AvgIpc) is 2.79. The van der Waals surface area contributed by atoms with E-state index in [2.05, 4.69) is 6.92 Å². The highest BCUT2D eigenvalue weighted by Crippen LogP contribution is 2.18. The molecule has 0 radical (unpaired) electrons. The molecule has 4 heteroatoms. The first-order valence-corrected chi connectivity index (χ1v) is 10.9. The molecule has 0 amide bonds. The van der Waals surface area contributed by atoms with E-state index < -0.39 is 11.6 Å². The molecule has 2 aromatic rings. The third-order valence-corrected chi connectivity index (χ3v) is 5.27. The van der Waals surface area contributed by atoms with Gasteiger partial charge in [0.25, 0.3) is 0 Å². The highest BCUT2D eigenvalue weighted by Gasteiger charge is 2.24. The number of aldehydes is 1. The number of hydrogen-bond donors (Lipinski definition) is 0. The monoisotopic (exact) mass is 406 g/mol. The predicted molar refractivity (Wildman–Crippen MR) is 118 cm³/mol. The first-order chi connectivity index (χ1) is 14.6. The molecule has 0 aliphatic carbocycles. The van der Waals surface area contributed by atoms with Crippen molar-refractivity contribution >= 4 is 23.6 Å². The molecular weight excluding hydrogens is 376 g/mol. The number of Topliss-reactive ketones (excluding diaryl/α,β-unsaturated/α-hetero) is 3. The lowest BCUT2D eigenvalue weighted by Crippen LogP contribution is -2.19. The largest absolute Gasteiger partial charge is 0.298 e. The van der Waals surface area contributed by atoms with Crippen molar-refractivity contribution in [3.05, 3.63) is 70.8 Å². The second-order valence-corrected chi connectivity index (χ2v) is 7.56. The fourth-order valence-electron chi connectivity index (χ4n) is 3.53. The van der Waals surface area contributed by atoms with Crippen LogP contribution in [0, 0.1) is 0 Å². The molecule has 2 aromatic carbocycles. The summed E-state index contributed by atoms with van der Waals surface area (Å²) in [6, 6.07) is 12.6. The number of carbonyl (C=O) groups excluding carboxylic acids is 4. The van der Waals surface area contributed by atoms with Gasteiger partial charge >= 0.3 is 0 Å². The molecule has 158 valence electrons. The van der Waals surface area contributed by atoms with Crippen LogP contribution in [0.5, 0.6) is 0 Å². The minimum absolute atomic E-state index is 0.0582. The minimum Gasteiger partial charge on any atom is -0.298 e. The fourth-order valence-corrected chi connectivity index (χ4v) is 3.53. The number of unbranched alkanes of at least 4 members (excludes halogenated alkanes) is 7. The van der Waals surface area contributed by atoms with E-state index in [0.717, 1.165) is 19.3 Å². The van der Waals surface area contributed by atoms with E-state index in [4.69, 9.17) is 0 Å². The van der Waals surface area contributed by atoms with Gasteiger partial charge in [0.2, 0.25) is 11.6 Å². The zero-order valence-electron chi connectivity index (χ0n) is 17.7. The molecule has 0 spiro atoms. The summed E-state index contributed by atoms with van der Waals surface area (Å²) in [4.78, 5) is 49.4. The van der Waals surface area contributed by atoms with Gasteiger partial charge in [-0.25, -0.2) is 0 Å². The molecule has 0 heterocycles. The lowest BCUT2D eigenvalue weighted by molar-refractivity contribution is 0.0813. The van der Waals surface area contributed by atoms with Crippen molar-refractivity contribution in [2.45, 2.75) is 64.7 Å². The Labute approximate surface area is 178 Å². The lowest BCUT2D eigenvalue weighted by Gasteiger charge is -2.08. The van der Waals surface area contributed by atoms with Crippen molar-refractivity contribution in [1.82, 2.24) is 0 Å². The van der Waals surface area contributed by atoms with Gasteiger partial charge in [-0.1, -0.05) is 100 Å². The maximum atomic E-state index is 12.8. The Kier molecular flexibility index (Phi) is 9.85. The maximum Gasteiger partial charge on any atom is 0.234 e. The van der Waals surface area contributed by atoms with Gasteiger partial charge in [0.05, 0.1) is 0 Å². The van der Waals surface area contributed by atoms with Crippen LogP contribution in [-0.2, 0) is 0 Å². The van der Waals surface area contributed by atoms with E-state index in [-0.39, 0.29) is 28.0 Å². The minimum atomic E-state index is -0.773. The molecular formula is C26H30O4. The molecule has 0 atom stereocenters. The zero-order chi connectivity index (χ0) is 21.8. The molecule has 0 bridgehead atoms. The Hall–Kier alpha value is -2.88. The molecule has 0 unspecified atom stereocenters. The molecule has 0 saturated heterocycles. The van der Waals surface area contributed by atoms with Crippen LogP contribution in [0.1, 0.15) is 106 Å². The number of ketones is 3. The average molecular weight is 407 g/mol. The van der Waals surface area contributed by atoms with E-state index in [9.17, 15) is 19.2 Å². The van der Waals surface area contributed by atoms with Crippen molar-refractivity contribution in [1.29, 1.82) is 0 Å². The number of hydrogen-bond acceptors (Lipinski definition) is 4. The second-order valence-electron chi connectivity index (χ2n) is 7.56. The first kappa shape index (κ1) is 23.4. The lowest BCUT2D eigenvalue weighted by atomic mass is 9.92. The predicted octanol–water partition coefficient (Wildman–Crippen LogP) is 6.28. The molecule has 0 saturated carbocycles. The van der Waals surface area contributed by atoms with Gasteiger partial charge in [-0.05, 0) is 6.42 Å². The Morgan fingerprint density at radius 3 is 1.80 bits per heavy atom. The van der Waals surface area contributed by atoms with Crippen LogP contribution in [0.2, 0.25) is 0 Å². The summed E-state index contributed by atoms with van der Waals surface area (Å²) >= 11 is 0.